The zero-order valence-corrected chi connectivity index (χ0v) is 9.85. The number of thioether (sulfide) groups is 1. The molecular formula is C11H14FNO2S. The number of halogens is 1. The first-order chi connectivity index (χ1) is 7.65. The Balaban J connectivity index is 2.55. The molecule has 0 aliphatic rings. The van der Waals surface area contributed by atoms with Crippen molar-refractivity contribution in [1.29, 1.82) is 0 Å². The summed E-state index contributed by atoms with van der Waals surface area (Å²) < 4.78 is 18.2. The van der Waals surface area contributed by atoms with Gasteiger partial charge in [0, 0.05) is 5.69 Å². The number of nitrogens with two attached hydrogens (primary N) is 1. The first-order valence-corrected chi connectivity index (χ1v) is 6.25. The molecular weight excluding hydrogens is 229 g/mol. The van der Waals surface area contributed by atoms with Crippen LogP contribution in [0.15, 0.2) is 18.2 Å². The Morgan fingerprint density at radius 1 is 1.56 bits per heavy atom. The number of rotatable bonds is 5. The van der Waals surface area contributed by atoms with Crippen LogP contribution in [0.2, 0.25) is 0 Å². The minimum Gasteiger partial charge on any atom is -0.462 e. The molecule has 0 aliphatic heterocycles. The van der Waals surface area contributed by atoms with E-state index in [1.165, 1.54) is 12.1 Å². The molecule has 0 amide bonds. The smallest absolute Gasteiger partial charge is 0.341 e. The number of esters is 1. The van der Waals surface area contributed by atoms with Gasteiger partial charge in [0.15, 0.2) is 0 Å². The molecule has 0 saturated carbocycles. The van der Waals surface area contributed by atoms with Gasteiger partial charge in [-0.1, -0.05) is 0 Å². The van der Waals surface area contributed by atoms with E-state index in [9.17, 15) is 9.18 Å². The molecule has 3 nitrogen and oxygen atoms in total. The lowest BCUT2D eigenvalue weighted by Gasteiger charge is -2.05. The van der Waals surface area contributed by atoms with Crippen molar-refractivity contribution >= 4 is 23.4 Å². The first kappa shape index (κ1) is 12.8. The monoisotopic (exact) mass is 243 g/mol. The van der Waals surface area contributed by atoms with E-state index in [0.29, 0.717) is 12.3 Å². The fourth-order valence-corrected chi connectivity index (χ4v) is 1.55. The molecule has 0 bridgehead atoms. The molecule has 1 rings (SSSR count). The van der Waals surface area contributed by atoms with Gasteiger partial charge in [-0.15, -0.1) is 0 Å². The van der Waals surface area contributed by atoms with Gasteiger partial charge in [-0.25, -0.2) is 9.18 Å². The Labute approximate surface area is 98.2 Å². The molecule has 0 aliphatic carbocycles. The molecule has 0 unspecified atom stereocenters. The molecule has 0 atom stereocenters. The van der Waals surface area contributed by atoms with Gasteiger partial charge in [-0.3, -0.25) is 0 Å². The molecule has 2 N–H and O–H groups in total. The Kier molecular flexibility index (Phi) is 5.11. The van der Waals surface area contributed by atoms with E-state index in [1.54, 1.807) is 11.8 Å². The van der Waals surface area contributed by atoms with Crippen LogP contribution >= 0.6 is 11.8 Å². The standard InChI is InChI=1S/C11H14FNO2S/c1-16-6-2-5-15-11(14)9-7-8(13)3-4-10(9)12/h3-4,7H,2,5-6,13H2,1H3. The number of carbonyl (C=O) groups excluding carboxylic acids is 1. The van der Waals surface area contributed by atoms with Crippen LogP contribution in [0.25, 0.3) is 0 Å². The Bertz CT molecular complexity index is 371. The van der Waals surface area contributed by atoms with Gasteiger partial charge in [-0.05, 0) is 36.6 Å². The van der Waals surface area contributed by atoms with E-state index in [1.807, 2.05) is 6.26 Å². The van der Waals surface area contributed by atoms with Crippen LogP contribution in [0.3, 0.4) is 0 Å². The van der Waals surface area contributed by atoms with Crippen molar-refractivity contribution in [3.8, 4) is 0 Å². The Hall–Kier alpha value is -1.23. The molecule has 0 saturated heterocycles. The van der Waals surface area contributed by atoms with Crippen LogP contribution < -0.4 is 5.73 Å². The highest BCUT2D eigenvalue weighted by Crippen LogP contribution is 2.13. The van der Waals surface area contributed by atoms with Gasteiger partial charge < -0.3 is 10.5 Å². The summed E-state index contributed by atoms with van der Waals surface area (Å²) in [5.41, 5.74) is 5.70. The highest BCUT2D eigenvalue weighted by molar-refractivity contribution is 7.98. The summed E-state index contributed by atoms with van der Waals surface area (Å²) >= 11 is 1.67. The number of nitrogen functional groups attached to an aromatic ring is 1. The van der Waals surface area contributed by atoms with Crippen molar-refractivity contribution in [3.63, 3.8) is 0 Å². The lowest BCUT2D eigenvalue weighted by Crippen LogP contribution is -2.09. The third-order valence-electron chi connectivity index (χ3n) is 1.94. The molecule has 0 radical (unpaired) electrons. The summed E-state index contributed by atoms with van der Waals surface area (Å²) in [6.07, 6.45) is 2.73. The van der Waals surface area contributed by atoms with Gasteiger partial charge in [-0.2, -0.15) is 11.8 Å². The topological polar surface area (TPSA) is 52.3 Å². The first-order valence-electron chi connectivity index (χ1n) is 4.86. The lowest BCUT2D eigenvalue weighted by molar-refractivity contribution is 0.0501. The molecule has 0 spiro atoms. The van der Waals surface area contributed by atoms with Crippen molar-refractivity contribution < 1.29 is 13.9 Å². The van der Waals surface area contributed by atoms with E-state index in [-0.39, 0.29) is 5.56 Å². The molecule has 88 valence electrons. The van der Waals surface area contributed by atoms with Crippen molar-refractivity contribution in [2.24, 2.45) is 0 Å². The number of hydrogen-bond donors (Lipinski definition) is 1. The Morgan fingerprint density at radius 2 is 2.31 bits per heavy atom. The minimum atomic E-state index is -0.661. The maximum atomic E-state index is 13.2. The summed E-state index contributed by atoms with van der Waals surface area (Å²) in [5, 5.41) is 0. The second kappa shape index (κ2) is 6.37. The maximum absolute atomic E-state index is 13.2. The third-order valence-corrected chi connectivity index (χ3v) is 2.63. The van der Waals surface area contributed by atoms with Crippen LogP contribution in [0.4, 0.5) is 10.1 Å². The average Bonchev–Trinajstić information content (AvgIpc) is 2.27. The number of ether oxygens (including phenoxy) is 1. The van der Waals surface area contributed by atoms with Crippen molar-refractivity contribution in [2.45, 2.75) is 6.42 Å². The normalized spacial score (nSPS) is 10.1. The van der Waals surface area contributed by atoms with Crippen molar-refractivity contribution in [2.75, 3.05) is 24.3 Å². The molecule has 0 fully saturated rings. The summed E-state index contributed by atoms with van der Waals surface area (Å²) in [6.45, 7) is 0.300. The summed E-state index contributed by atoms with van der Waals surface area (Å²) in [4.78, 5) is 11.5. The minimum absolute atomic E-state index is 0.107. The van der Waals surface area contributed by atoms with Crippen LogP contribution in [0, 0.1) is 5.82 Å². The zero-order valence-electron chi connectivity index (χ0n) is 9.03. The van der Waals surface area contributed by atoms with Gasteiger partial charge in [0.2, 0.25) is 0 Å². The van der Waals surface area contributed by atoms with E-state index in [0.717, 1.165) is 18.2 Å². The van der Waals surface area contributed by atoms with Gasteiger partial charge in [0.1, 0.15) is 5.82 Å². The summed E-state index contributed by atoms with van der Waals surface area (Å²) in [6, 6.07) is 3.85. The van der Waals surface area contributed by atoms with Crippen LogP contribution in [0.1, 0.15) is 16.8 Å². The highest BCUT2D eigenvalue weighted by atomic mass is 32.2. The van der Waals surface area contributed by atoms with Crippen molar-refractivity contribution in [1.82, 2.24) is 0 Å². The largest absolute Gasteiger partial charge is 0.462 e. The van der Waals surface area contributed by atoms with Crippen LogP contribution in [-0.2, 0) is 4.74 Å². The number of anilines is 1. The second-order valence-electron chi connectivity index (χ2n) is 3.22. The molecule has 1 aromatic rings. The second-order valence-corrected chi connectivity index (χ2v) is 4.21. The van der Waals surface area contributed by atoms with Gasteiger partial charge in [0.25, 0.3) is 0 Å². The van der Waals surface area contributed by atoms with Crippen LogP contribution in [-0.4, -0.2) is 24.6 Å². The maximum Gasteiger partial charge on any atom is 0.341 e. The quantitative estimate of drug-likeness (QED) is 0.490. The predicted molar refractivity (Wildman–Crippen MR) is 64.1 cm³/mol. The van der Waals surface area contributed by atoms with E-state index in [2.05, 4.69) is 0 Å². The summed E-state index contributed by atoms with van der Waals surface area (Å²) in [7, 11) is 0. The number of carbonyl (C=O) groups is 1. The SMILES string of the molecule is CSCCCOC(=O)c1cc(N)ccc1F. The third kappa shape index (κ3) is 3.73. The zero-order chi connectivity index (χ0) is 12.0. The van der Waals surface area contributed by atoms with Crippen molar-refractivity contribution in [3.05, 3.63) is 29.6 Å². The molecule has 0 heterocycles. The number of benzene rings is 1. The fraction of sp³-hybridized carbons (Fsp3) is 0.364. The molecule has 1 aromatic carbocycles. The molecule has 16 heavy (non-hydrogen) atoms. The highest BCUT2D eigenvalue weighted by Gasteiger charge is 2.12. The predicted octanol–water partition coefficient (Wildman–Crippen LogP) is 2.32. The van der Waals surface area contributed by atoms with E-state index in [4.69, 9.17) is 10.5 Å². The molecule has 0 aromatic heterocycles. The molecule has 5 heteroatoms. The Morgan fingerprint density at radius 3 is 3.00 bits per heavy atom. The fourth-order valence-electron chi connectivity index (χ4n) is 1.15. The summed E-state index contributed by atoms with van der Waals surface area (Å²) in [5.74, 6) is -0.359. The van der Waals surface area contributed by atoms with Crippen LogP contribution in [0.5, 0.6) is 0 Å². The average molecular weight is 243 g/mol. The number of hydrogen-bond acceptors (Lipinski definition) is 4. The van der Waals surface area contributed by atoms with Gasteiger partial charge >= 0.3 is 5.97 Å². The lowest BCUT2D eigenvalue weighted by atomic mass is 10.2. The van der Waals surface area contributed by atoms with E-state index >= 15 is 0 Å². The van der Waals surface area contributed by atoms with Gasteiger partial charge in [0.05, 0.1) is 12.2 Å². The van der Waals surface area contributed by atoms with E-state index < -0.39 is 11.8 Å².